The van der Waals surface area contributed by atoms with Crippen molar-refractivity contribution in [3.63, 3.8) is 0 Å². The van der Waals surface area contributed by atoms with Crippen LogP contribution in [0.4, 0.5) is 0 Å². The van der Waals surface area contributed by atoms with E-state index < -0.39 is 5.41 Å². The third-order valence-electron chi connectivity index (χ3n) is 5.22. The normalized spacial score (nSPS) is 24.5. The van der Waals surface area contributed by atoms with E-state index in [0.29, 0.717) is 0 Å². The van der Waals surface area contributed by atoms with Gasteiger partial charge in [-0.3, -0.25) is 4.79 Å². The maximum absolute atomic E-state index is 12.9. The predicted octanol–water partition coefficient (Wildman–Crippen LogP) is 3.38. The molecule has 0 spiro atoms. The Labute approximate surface area is 133 Å². The lowest BCUT2D eigenvalue weighted by Crippen LogP contribution is -2.54. The molecule has 1 saturated carbocycles. The molecule has 1 heterocycles. The molecule has 3 rings (SSSR count). The predicted molar refractivity (Wildman–Crippen MR) is 87.7 cm³/mol. The Morgan fingerprint density at radius 3 is 2.27 bits per heavy atom. The Hall–Kier alpha value is -1.35. The molecule has 0 N–H and O–H groups in total. The zero-order chi connectivity index (χ0) is 15.8. The molecule has 3 nitrogen and oxygen atoms in total. The summed E-state index contributed by atoms with van der Waals surface area (Å²) < 4.78 is 5.93. The fraction of sp³-hybridized carbons (Fsp3) is 0.632. The number of ether oxygens (including phenoxy) is 1. The molecule has 1 aliphatic carbocycles. The van der Waals surface area contributed by atoms with Crippen molar-refractivity contribution in [3.8, 4) is 0 Å². The number of hydrogen-bond donors (Lipinski definition) is 0. The molecular weight excluding hydrogens is 274 g/mol. The van der Waals surface area contributed by atoms with Gasteiger partial charge in [0.2, 0.25) is 0 Å². The highest BCUT2D eigenvalue weighted by Gasteiger charge is 2.56. The van der Waals surface area contributed by atoms with Gasteiger partial charge in [-0.2, -0.15) is 0 Å². The van der Waals surface area contributed by atoms with Gasteiger partial charge in [-0.15, -0.1) is 0 Å². The first-order chi connectivity index (χ1) is 10.4. The molecule has 1 saturated heterocycles. The number of likely N-dealkylation sites (tertiary alicyclic amines) is 1. The summed E-state index contributed by atoms with van der Waals surface area (Å²) in [4.78, 5) is 15.2. The molecule has 0 unspecified atom stereocenters. The first kappa shape index (κ1) is 15.5. The fourth-order valence-corrected chi connectivity index (χ4v) is 4.17. The Kier molecular flexibility index (Phi) is 4.02. The van der Waals surface area contributed by atoms with E-state index in [0.717, 1.165) is 44.3 Å². The highest BCUT2D eigenvalue weighted by Crippen LogP contribution is 2.56. The quantitative estimate of drug-likeness (QED) is 0.802. The highest BCUT2D eigenvalue weighted by molar-refractivity contribution is 5.85. The van der Waals surface area contributed by atoms with Crippen LogP contribution in [0.25, 0.3) is 0 Å². The summed E-state index contributed by atoms with van der Waals surface area (Å²) in [5.41, 5.74) is 0.919. The number of hydrogen-bond acceptors (Lipinski definition) is 3. The van der Waals surface area contributed by atoms with Crippen molar-refractivity contribution in [2.45, 2.75) is 51.0 Å². The van der Waals surface area contributed by atoms with Gasteiger partial charge in [-0.05, 0) is 43.7 Å². The highest BCUT2D eigenvalue weighted by atomic mass is 16.5. The monoisotopic (exact) mass is 301 g/mol. The van der Waals surface area contributed by atoms with Crippen LogP contribution in [-0.4, -0.2) is 37.1 Å². The zero-order valence-corrected chi connectivity index (χ0v) is 14.0. The van der Waals surface area contributed by atoms with Crippen molar-refractivity contribution in [3.05, 3.63) is 35.9 Å². The first-order valence-electron chi connectivity index (χ1n) is 8.37. The number of esters is 1. The molecule has 2 fully saturated rings. The van der Waals surface area contributed by atoms with Crippen molar-refractivity contribution in [2.24, 2.45) is 5.41 Å². The Bertz CT molecular complexity index is 522. The molecule has 3 heteroatoms. The molecule has 0 amide bonds. The van der Waals surface area contributed by atoms with Gasteiger partial charge in [-0.1, -0.05) is 44.2 Å². The summed E-state index contributed by atoms with van der Waals surface area (Å²) in [6.07, 6.45) is 3.77. The standard InChI is InChI=1S/C19H27NO2/c1-18(2)13-19(14-18,15-7-5-4-6-8-15)17(21)22-16-9-11-20(3)12-10-16/h4-8,16H,9-14H2,1-3H3. The van der Waals surface area contributed by atoms with E-state index in [1.54, 1.807) is 0 Å². The minimum Gasteiger partial charge on any atom is -0.462 e. The van der Waals surface area contributed by atoms with Gasteiger partial charge < -0.3 is 9.64 Å². The van der Waals surface area contributed by atoms with Crippen molar-refractivity contribution >= 4 is 5.97 Å². The Balaban J connectivity index is 1.75. The van der Waals surface area contributed by atoms with Crippen LogP contribution in [-0.2, 0) is 14.9 Å². The van der Waals surface area contributed by atoms with Gasteiger partial charge in [-0.25, -0.2) is 0 Å². The molecule has 0 aromatic heterocycles. The lowest BCUT2D eigenvalue weighted by molar-refractivity contribution is -0.168. The summed E-state index contributed by atoms with van der Waals surface area (Å²) >= 11 is 0. The van der Waals surface area contributed by atoms with Crippen LogP contribution >= 0.6 is 0 Å². The fourth-order valence-electron chi connectivity index (χ4n) is 4.17. The number of nitrogens with zero attached hydrogens (tertiary/aromatic N) is 1. The Morgan fingerprint density at radius 2 is 1.73 bits per heavy atom. The second kappa shape index (κ2) is 5.69. The molecule has 0 radical (unpaired) electrons. The second-order valence-corrected chi connectivity index (χ2v) is 7.87. The largest absolute Gasteiger partial charge is 0.462 e. The number of benzene rings is 1. The molecule has 1 aliphatic heterocycles. The number of carbonyl (C=O) groups excluding carboxylic acids is 1. The van der Waals surface area contributed by atoms with E-state index in [9.17, 15) is 4.79 Å². The molecule has 22 heavy (non-hydrogen) atoms. The molecule has 2 aliphatic rings. The van der Waals surface area contributed by atoms with E-state index in [-0.39, 0.29) is 17.5 Å². The lowest BCUT2D eigenvalue weighted by atomic mass is 9.52. The molecule has 120 valence electrons. The second-order valence-electron chi connectivity index (χ2n) is 7.87. The molecule has 1 aromatic carbocycles. The molecule has 0 bridgehead atoms. The van der Waals surface area contributed by atoms with E-state index in [1.165, 1.54) is 0 Å². The van der Waals surface area contributed by atoms with Crippen LogP contribution in [0.2, 0.25) is 0 Å². The average molecular weight is 301 g/mol. The van der Waals surface area contributed by atoms with Crippen LogP contribution in [0.15, 0.2) is 30.3 Å². The topological polar surface area (TPSA) is 29.5 Å². The lowest BCUT2D eigenvalue weighted by Gasteiger charge is -2.52. The van der Waals surface area contributed by atoms with Crippen LogP contribution < -0.4 is 0 Å². The van der Waals surface area contributed by atoms with Gasteiger partial charge in [0.15, 0.2) is 0 Å². The summed E-state index contributed by atoms with van der Waals surface area (Å²) in [5, 5.41) is 0. The summed E-state index contributed by atoms with van der Waals surface area (Å²) in [6, 6.07) is 10.2. The van der Waals surface area contributed by atoms with Crippen LogP contribution in [0.3, 0.4) is 0 Å². The number of piperidine rings is 1. The van der Waals surface area contributed by atoms with E-state index >= 15 is 0 Å². The van der Waals surface area contributed by atoms with E-state index in [2.05, 4.69) is 37.9 Å². The minimum atomic E-state index is -0.423. The first-order valence-corrected chi connectivity index (χ1v) is 8.37. The van der Waals surface area contributed by atoms with E-state index in [1.807, 2.05) is 18.2 Å². The van der Waals surface area contributed by atoms with Crippen molar-refractivity contribution in [1.82, 2.24) is 4.90 Å². The summed E-state index contributed by atoms with van der Waals surface area (Å²) in [6.45, 7) is 6.50. The van der Waals surface area contributed by atoms with Gasteiger partial charge in [0.05, 0.1) is 5.41 Å². The maximum atomic E-state index is 12.9. The third kappa shape index (κ3) is 2.91. The van der Waals surface area contributed by atoms with E-state index in [4.69, 9.17) is 4.74 Å². The summed E-state index contributed by atoms with van der Waals surface area (Å²) in [5.74, 6) is -0.00687. The van der Waals surface area contributed by atoms with Crippen molar-refractivity contribution < 1.29 is 9.53 Å². The number of rotatable bonds is 3. The van der Waals surface area contributed by atoms with Crippen LogP contribution in [0, 0.1) is 5.41 Å². The van der Waals surface area contributed by atoms with Gasteiger partial charge in [0, 0.05) is 13.1 Å². The van der Waals surface area contributed by atoms with Crippen LogP contribution in [0.1, 0.15) is 45.1 Å². The third-order valence-corrected chi connectivity index (χ3v) is 5.22. The SMILES string of the molecule is CN1CCC(OC(=O)C2(c3ccccc3)CC(C)(C)C2)CC1. The summed E-state index contributed by atoms with van der Waals surface area (Å²) in [7, 11) is 2.12. The van der Waals surface area contributed by atoms with Crippen LogP contribution in [0.5, 0.6) is 0 Å². The average Bonchev–Trinajstić information content (AvgIpc) is 2.47. The molecular formula is C19H27NO2. The number of carbonyl (C=O) groups is 1. The minimum absolute atomic E-state index is 0.00687. The Morgan fingerprint density at radius 1 is 1.14 bits per heavy atom. The van der Waals surface area contributed by atoms with Gasteiger partial charge in [0.1, 0.15) is 6.10 Å². The van der Waals surface area contributed by atoms with Gasteiger partial charge >= 0.3 is 5.97 Å². The van der Waals surface area contributed by atoms with Crippen molar-refractivity contribution in [1.29, 1.82) is 0 Å². The van der Waals surface area contributed by atoms with Crippen molar-refractivity contribution in [2.75, 3.05) is 20.1 Å². The molecule has 0 atom stereocenters. The van der Waals surface area contributed by atoms with Gasteiger partial charge in [0.25, 0.3) is 0 Å². The smallest absolute Gasteiger partial charge is 0.316 e. The molecule has 1 aromatic rings. The zero-order valence-electron chi connectivity index (χ0n) is 14.0. The maximum Gasteiger partial charge on any atom is 0.316 e.